The Morgan fingerprint density at radius 3 is 2.35 bits per heavy atom. The van der Waals surface area contributed by atoms with Crippen molar-refractivity contribution in [3.63, 3.8) is 0 Å². The zero-order valence-corrected chi connectivity index (χ0v) is 12.8. The summed E-state index contributed by atoms with van der Waals surface area (Å²) in [5, 5.41) is 0. The summed E-state index contributed by atoms with van der Waals surface area (Å²) in [7, 11) is -4.48. The molecule has 0 unspecified atom stereocenters. The van der Waals surface area contributed by atoms with Gasteiger partial charge in [0, 0.05) is 13.1 Å². The highest BCUT2D eigenvalue weighted by Crippen LogP contribution is 2.29. The summed E-state index contributed by atoms with van der Waals surface area (Å²) in [4.78, 5) is 12.5. The molecule has 0 saturated carbocycles. The minimum absolute atomic E-state index is 0.405. The van der Waals surface area contributed by atoms with E-state index in [1.807, 2.05) is 0 Å². The molecule has 0 spiro atoms. The van der Waals surface area contributed by atoms with E-state index >= 15 is 0 Å². The molecule has 1 aromatic rings. The normalized spacial score (nSPS) is 16.0. The maximum absolute atomic E-state index is 12.4. The third-order valence-electron chi connectivity index (χ3n) is 3.23. The van der Waals surface area contributed by atoms with Crippen molar-refractivity contribution in [2.75, 3.05) is 13.1 Å². The Bertz CT molecular complexity index is 670. The van der Waals surface area contributed by atoms with Crippen LogP contribution in [0.15, 0.2) is 29.2 Å². The average molecular weight is 352 g/mol. The number of piperidine rings is 1. The number of hydrogen-bond acceptors (Lipinski definition) is 4. The molecule has 1 saturated heterocycles. The van der Waals surface area contributed by atoms with Crippen LogP contribution in [0.1, 0.15) is 19.3 Å². The van der Waals surface area contributed by atoms with Crippen molar-refractivity contribution in [2.45, 2.75) is 30.5 Å². The van der Waals surface area contributed by atoms with E-state index in [0.29, 0.717) is 13.1 Å². The van der Waals surface area contributed by atoms with Gasteiger partial charge in [0.15, 0.2) is 0 Å². The van der Waals surface area contributed by atoms with Gasteiger partial charge < -0.3 is 9.64 Å². The predicted octanol–water partition coefficient (Wildman–Crippen LogP) is 2.47. The lowest BCUT2D eigenvalue weighted by atomic mass is 10.1. The second-order valence-electron chi connectivity index (χ2n) is 4.95. The van der Waals surface area contributed by atoms with Crippen LogP contribution in [-0.4, -0.2) is 38.8 Å². The van der Waals surface area contributed by atoms with Crippen LogP contribution in [0.5, 0.6) is 5.75 Å². The highest BCUT2D eigenvalue weighted by molar-refractivity contribution is 7.90. The molecule has 23 heavy (non-hydrogen) atoms. The predicted molar refractivity (Wildman–Crippen MR) is 74.3 cm³/mol. The van der Waals surface area contributed by atoms with Crippen LogP contribution in [0.25, 0.3) is 0 Å². The number of hydrogen-bond donors (Lipinski definition) is 1. The van der Waals surface area contributed by atoms with Gasteiger partial charge in [0.1, 0.15) is 10.6 Å². The number of benzene rings is 1. The summed E-state index contributed by atoms with van der Waals surface area (Å²) >= 11 is 0. The molecule has 2 amide bonds. The summed E-state index contributed by atoms with van der Waals surface area (Å²) in [6.07, 6.45) is -2.59. The first-order valence-electron chi connectivity index (χ1n) is 6.85. The van der Waals surface area contributed by atoms with Gasteiger partial charge >= 0.3 is 12.4 Å². The summed E-state index contributed by atoms with van der Waals surface area (Å²) < 4.78 is 66.9. The van der Waals surface area contributed by atoms with Gasteiger partial charge in [-0.2, -0.15) is 0 Å². The standard InChI is InChI=1S/C13H15F3N2O4S/c14-13(15,16)22-10-6-2-3-7-11(10)23(20,21)17-12(19)18-8-4-1-5-9-18/h2-3,6-7H,1,4-5,8-9H2,(H,17,19). The number of amides is 2. The Morgan fingerprint density at radius 2 is 1.74 bits per heavy atom. The van der Waals surface area contributed by atoms with Crippen molar-refractivity contribution in [3.8, 4) is 5.75 Å². The van der Waals surface area contributed by atoms with Gasteiger partial charge in [-0.1, -0.05) is 12.1 Å². The number of alkyl halides is 3. The Balaban J connectivity index is 2.20. The first kappa shape index (κ1) is 17.4. The number of nitrogens with zero attached hydrogens (tertiary/aromatic N) is 1. The van der Waals surface area contributed by atoms with Gasteiger partial charge in [-0.25, -0.2) is 17.9 Å². The number of carbonyl (C=O) groups excluding carboxylic acids is 1. The second-order valence-corrected chi connectivity index (χ2v) is 6.60. The molecular weight excluding hydrogens is 337 g/mol. The number of halogens is 3. The lowest BCUT2D eigenvalue weighted by Gasteiger charge is -2.26. The van der Waals surface area contributed by atoms with E-state index in [0.717, 1.165) is 31.4 Å². The van der Waals surface area contributed by atoms with Gasteiger partial charge in [-0.3, -0.25) is 0 Å². The molecule has 2 rings (SSSR count). The molecular formula is C13H15F3N2O4S. The minimum Gasteiger partial charge on any atom is -0.404 e. The van der Waals surface area contributed by atoms with Gasteiger partial charge in [0.25, 0.3) is 10.0 Å². The van der Waals surface area contributed by atoms with E-state index in [2.05, 4.69) is 4.74 Å². The molecule has 0 aliphatic carbocycles. The molecule has 0 aromatic heterocycles. The number of urea groups is 1. The Labute approximate surface area is 131 Å². The quantitative estimate of drug-likeness (QED) is 0.907. The Kier molecular flexibility index (Phi) is 5.03. The molecule has 10 heteroatoms. The second kappa shape index (κ2) is 6.65. The van der Waals surface area contributed by atoms with Crippen LogP contribution in [-0.2, 0) is 10.0 Å². The van der Waals surface area contributed by atoms with Crippen LogP contribution in [0.4, 0.5) is 18.0 Å². The van der Waals surface area contributed by atoms with Crippen LogP contribution in [0, 0.1) is 0 Å². The number of para-hydroxylation sites is 1. The average Bonchev–Trinajstić information content (AvgIpc) is 2.46. The summed E-state index contributed by atoms with van der Waals surface area (Å²) in [6, 6.07) is 3.39. The Hall–Kier alpha value is -1.97. The molecule has 128 valence electrons. The molecule has 1 N–H and O–H groups in total. The van der Waals surface area contributed by atoms with Crippen molar-refractivity contribution in [3.05, 3.63) is 24.3 Å². The largest absolute Gasteiger partial charge is 0.573 e. The summed E-state index contributed by atoms with van der Waals surface area (Å²) in [6.45, 7) is 0.810. The fraction of sp³-hybridized carbons (Fsp3) is 0.462. The maximum Gasteiger partial charge on any atom is 0.573 e. The minimum atomic E-state index is -5.04. The molecule has 1 fully saturated rings. The van der Waals surface area contributed by atoms with Crippen molar-refractivity contribution in [1.82, 2.24) is 9.62 Å². The van der Waals surface area contributed by atoms with E-state index < -0.39 is 33.1 Å². The SMILES string of the molecule is O=C(NS(=O)(=O)c1ccccc1OC(F)(F)F)N1CCCCC1. The van der Waals surface area contributed by atoms with Crippen molar-refractivity contribution in [2.24, 2.45) is 0 Å². The molecule has 6 nitrogen and oxygen atoms in total. The van der Waals surface area contributed by atoms with Gasteiger partial charge in [0.05, 0.1) is 0 Å². The number of nitrogens with one attached hydrogen (secondary N) is 1. The highest BCUT2D eigenvalue weighted by Gasteiger charge is 2.34. The fourth-order valence-electron chi connectivity index (χ4n) is 2.21. The van der Waals surface area contributed by atoms with Gasteiger partial charge in [0.2, 0.25) is 0 Å². The van der Waals surface area contributed by atoms with Crippen molar-refractivity contribution in [1.29, 1.82) is 0 Å². The van der Waals surface area contributed by atoms with Crippen LogP contribution >= 0.6 is 0 Å². The van der Waals surface area contributed by atoms with E-state index in [1.54, 1.807) is 4.72 Å². The molecule has 1 aliphatic rings. The van der Waals surface area contributed by atoms with E-state index in [4.69, 9.17) is 0 Å². The smallest absolute Gasteiger partial charge is 0.404 e. The number of likely N-dealkylation sites (tertiary alicyclic amines) is 1. The molecule has 1 heterocycles. The lowest BCUT2D eigenvalue weighted by molar-refractivity contribution is -0.275. The van der Waals surface area contributed by atoms with Crippen LogP contribution < -0.4 is 9.46 Å². The molecule has 1 aliphatic heterocycles. The summed E-state index contributed by atoms with van der Waals surface area (Å²) in [5.74, 6) is -0.890. The third kappa shape index (κ3) is 4.75. The molecule has 1 aromatic carbocycles. The van der Waals surface area contributed by atoms with E-state index in [9.17, 15) is 26.4 Å². The summed E-state index contributed by atoms with van der Waals surface area (Å²) in [5.41, 5.74) is 0. The van der Waals surface area contributed by atoms with Crippen molar-refractivity contribution < 1.29 is 31.1 Å². The molecule has 0 bridgehead atoms. The van der Waals surface area contributed by atoms with E-state index in [-0.39, 0.29) is 0 Å². The monoisotopic (exact) mass is 352 g/mol. The topological polar surface area (TPSA) is 75.7 Å². The number of carbonyl (C=O) groups is 1. The lowest BCUT2D eigenvalue weighted by Crippen LogP contribution is -2.45. The molecule has 0 radical (unpaired) electrons. The first-order chi connectivity index (χ1) is 10.7. The fourth-order valence-corrected chi connectivity index (χ4v) is 3.31. The maximum atomic E-state index is 12.4. The third-order valence-corrected chi connectivity index (χ3v) is 4.59. The van der Waals surface area contributed by atoms with Crippen LogP contribution in [0.2, 0.25) is 0 Å². The Morgan fingerprint density at radius 1 is 1.13 bits per heavy atom. The zero-order valence-electron chi connectivity index (χ0n) is 12.0. The van der Waals surface area contributed by atoms with Gasteiger partial charge in [-0.05, 0) is 31.4 Å². The first-order valence-corrected chi connectivity index (χ1v) is 8.34. The highest BCUT2D eigenvalue weighted by atomic mass is 32.2. The zero-order chi connectivity index (χ0) is 17.1. The van der Waals surface area contributed by atoms with Crippen LogP contribution in [0.3, 0.4) is 0 Å². The number of sulfonamides is 1. The van der Waals surface area contributed by atoms with Crippen molar-refractivity contribution >= 4 is 16.1 Å². The molecule has 0 atom stereocenters. The number of rotatable bonds is 3. The van der Waals surface area contributed by atoms with E-state index in [1.165, 1.54) is 17.0 Å². The number of ether oxygens (including phenoxy) is 1. The van der Waals surface area contributed by atoms with Gasteiger partial charge in [-0.15, -0.1) is 13.2 Å².